The van der Waals surface area contributed by atoms with Crippen molar-refractivity contribution in [1.29, 1.82) is 0 Å². The second-order valence-corrected chi connectivity index (χ2v) is 8.26. The maximum atomic E-state index is 12.7. The lowest BCUT2D eigenvalue weighted by molar-refractivity contribution is -0.141. The normalized spacial score (nSPS) is 16.0. The van der Waals surface area contributed by atoms with Gasteiger partial charge in [-0.25, -0.2) is 4.79 Å². The molecule has 180 valence electrons. The molecule has 0 saturated carbocycles. The molecule has 0 aliphatic carbocycles. The number of amides is 3. The fourth-order valence-electron chi connectivity index (χ4n) is 2.76. The number of carboxylic acids is 1. The van der Waals surface area contributed by atoms with Crippen molar-refractivity contribution in [3.05, 3.63) is 0 Å². The molecule has 5 atom stereocenters. The maximum Gasteiger partial charge on any atom is 0.327 e. The van der Waals surface area contributed by atoms with Gasteiger partial charge >= 0.3 is 5.97 Å². The van der Waals surface area contributed by atoms with Crippen molar-refractivity contribution in [3.8, 4) is 0 Å². The first-order valence-electron chi connectivity index (χ1n) is 10.3. The molecular formula is C19H37N5O6S. The Morgan fingerprint density at radius 2 is 1.52 bits per heavy atom. The van der Waals surface area contributed by atoms with Crippen molar-refractivity contribution in [2.24, 2.45) is 17.4 Å². The number of carbonyl (C=O) groups excluding carboxylic acids is 3. The molecule has 0 spiro atoms. The molecule has 0 aliphatic heterocycles. The van der Waals surface area contributed by atoms with E-state index >= 15 is 0 Å². The van der Waals surface area contributed by atoms with E-state index in [1.807, 2.05) is 13.8 Å². The third-order valence-electron chi connectivity index (χ3n) is 4.50. The largest absolute Gasteiger partial charge is 0.480 e. The molecule has 9 N–H and O–H groups in total. The van der Waals surface area contributed by atoms with Gasteiger partial charge in [-0.15, -0.1) is 0 Å². The molecule has 0 aliphatic rings. The van der Waals surface area contributed by atoms with Crippen LogP contribution in [0.3, 0.4) is 0 Å². The Labute approximate surface area is 188 Å². The number of nitrogens with one attached hydrogen (secondary N) is 3. The molecule has 0 saturated heterocycles. The summed E-state index contributed by atoms with van der Waals surface area (Å²) in [5, 5.41) is 26.3. The molecular weight excluding hydrogens is 426 g/mol. The fourth-order valence-corrected chi connectivity index (χ4v) is 3.01. The Bertz CT molecular complexity index is 604. The number of carbonyl (C=O) groups is 4. The Kier molecular flexibility index (Phi) is 14.1. The summed E-state index contributed by atoms with van der Waals surface area (Å²) in [6, 6.07) is -4.51. The molecule has 0 heterocycles. The number of hydrogen-bond donors (Lipinski definition) is 8. The lowest BCUT2D eigenvalue weighted by atomic mass is 10.0. The summed E-state index contributed by atoms with van der Waals surface area (Å²) in [4.78, 5) is 48.8. The Morgan fingerprint density at radius 3 is 1.97 bits per heavy atom. The van der Waals surface area contributed by atoms with Crippen molar-refractivity contribution in [3.63, 3.8) is 0 Å². The second-order valence-electron chi connectivity index (χ2n) is 7.89. The van der Waals surface area contributed by atoms with Crippen molar-refractivity contribution in [2.45, 2.75) is 76.7 Å². The minimum Gasteiger partial charge on any atom is -0.480 e. The van der Waals surface area contributed by atoms with Crippen LogP contribution in [0.1, 0.15) is 46.5 Å². The first-order chi connectivity index (χ1) is 14.4. The van der Waals surface area contributed by atoms with Gasteiger partial charge in [0.2, 0.25) is 17.7 Å². The van der Waals surface area contributed by atoms with Crippen LogP contribution in [0.2, 0.25) is 0 Å². The van der Waals surface area contributed by atoms with Gasteiger partial charge in [-0.3, -0.25) is 14.4 Å². The number of thiol groups is 1. The molecule has 11 nitrogen and oxygen atoms in total. The van der Waals surface area contributed by atoms with E-state index in [1.165, 1.54) is 6.92 Å². The van der Waals surface area contributed by atoms with Crippen LogP contribution in [0, 0.1) is 5.92 Å². The summed E-state index contributed by atoms with van der Waals surface area (Å²) < 4.78 is 0. The molecule has 0 aromatic heterocycles. The van der Waals surface area contributed by atoms with Crippen molar-refractivity contribution in [1.82, 2.24) is 16.0 Å². The molecule has 31 heavy (non-hydrogen) atoms. The minimum absolute atomic E-state index is 0.134. The highest BCUT2D eigenvalue weighted by Gasteiger charge is 2.32. The van der Waals surface area contributed by atoms with E-state index in [-0.39, 0.29) is 18.1 Å². The fraction of sp³-hybridized carbons (Fsp3) is 0.789. The van der Waals surface area contributed by atoms with Crippen LogP contribution in [0.15, 0.2) is 0 Å². The predicted molar refractivity (Wildman–Crippen MR) is 119 cm³/mol. The van der Waals surface area contributed by atoms with Gasteiger partial charge in [0.25, 0.3) is 0 Å². The first-order valence-corrected chi connectivity index (χ1v) is 11.0. The molecule has 0 bridgehead atoms. The number of aliphatic carboxylic acids is 1. The van der Waals surface area contributed by atoms with Gasteiger partial charge in [-0.05, 0) is 45.1 Å². The third-order valence-corrected chi connectivity index (χ3v) is 4.87. The van der Waals surface area contributed by atoms with E-state index in [2.05, 4.69) is 28.6 Å². The Balaban J connectivity index is 5.32. The second kappa shape index (κ2) is 15.0. The summed E-state index contributed by atoms with van der Waals surface area (Å²) in [5.74, 6) is -3.33. The monoisotopic (exact) mass is 463 g/mol. The summed E-state index contributed by atoms with van der Waals surface area (Å²) in [5.41, 5.74) is 11.3. The average Bonchev–Trinajstić information content (AvgIpc) is 2.67. The van der Waals surface area contributed by atoms with E-state index in [4.69, 9.17) is 16.6 Å². The van der Waals surface area contributed by atoms with Crippen molar-refractivity contribution < 1.29 is 29.4 Å². The molecule has 0 rings (SSSR count). The van der Waals surface area contributed by atoms with E-state index in [0.717, 1.165) is 0 Å². The molecule has 0 aromatic carbocycles. The molecule has 12 heteroatoms. The average molecular weight is 464 g/mol. The van der Waals surface area contributed by atoms with Gasteiger partial charge in [-0.2, -0.15) is 12.6 Å². The van der Waals surface area contributed by atoms with Crippen LogP contribution in [0.4, 0.5) is 0 Å². The number of carboxylic acid groups (broad SMARTS) is 1. The number of aliphatic hydroxyl groups excluding tert-OH is 1. The van der Waals surface area contributed by atoms with E-state index in [1.54, 1.807) is 0 Å². The highest BCUT2D eigenvalue weighted by Crippen LogP contribution is 2.06. The van der Waals surface area contributed by atoms with Crippen LogP contribution in [0.5, 0.6) is 0 Å². The standard InChI is InChI=1S/C19H37N5O6S/c1-10(2)8-12(21)16(26)24-15(11(3)25)18(28)22-13(6-4-5-7-20)17(27)23-14(9-31)19(29)30/h10-15,25,31H,4-9,20-21H2,1-3H3,(H,22,28)(H,23,27)(H,24,26)(H,29,30). The van der Waals surface area contributed by atoms with Crippen molar-refractivity contribution in [2.75, 3.05) is 12.3 Å². The van der Waals surface area contributed by atoms with E-state index < -0.39 is 54.0 Å². The summed E-state index contributed by atoms with van der Waals surface area (Å²) in [6.07, 6.45) is 0.422. The molecule has 3 amide bonds. The lowest BCUT2D eigenvalue weighted by Crippen LogP contribution is -2.60. The van der Waals surface area contributed by atoms with Gasteiger partial charge in [0.15, 0.2) is 0 Å². The third kappa shape index (κ3) is 11.3. The molecule has 5 unspecified atom stereocenters. The molecule has 0 fully saturated rings. The number of nitrogens with two attached hydrogens (primary N) is 2. The summed E-state index contributed by atoms with van der Waals surface area (Å²) in [6.45, 7) is 5.50. The van der Waals surface area contributed by atoms with Crippen LogP contribution in [-0.4, -0.2) is 76.5 Å². The smallest absolute Gasteiger partial charge is 0.327 e. The highest BCUT2D eigenvalue weighted by molar-refractivity contribution is 7.80. The van der Waals surface area contributed by atoms with Gasteiger partial charge in [-0.1, -0.05) is 13.8 Å². The topological polar surface area (TPSA) is 197 Å². The van der Waals surface area contributed by atoms with E-state index in [0.29, 0.717) is 25.8 Å². The minimum atomic E-state index is -1.34. The van der Waals surface area contributed by atoms with Gasteiger partial charge in [0.05, 0.1) is 12.1 Å². The summed E-state index contributed by atoms with van der Waals surface area (Å²) in [7, 11) is 0. The zero-order valence-corrected chi connectivity index (χ0v) is 19.2. The van der Waals surface area contributed by atoms with Crippen LogP contribution >= 0.6 is 12.6 Å². The number of unbranched alkanes of at least 4 members (excludes halogenated alkanes) is 1. The first kappa shape index (κ1) is 29.1. The van der Waals surface area contributed by atoms with Crippen molar-refractivity contribution >= 4 is 36.3 Å². The van der Waals surface area contributed by atoms with Gasteiger partial charge < -0.3 is 37.6 Å². The Morgan fingerprint density at radius 1 is 0.935 bits per heavy atom. The maximum absolute atomic E-state index is 12.7. The quantitative estimate of drug-likeness (QED) is 0.104. The predicted octanol–water partition coefficient (Wildman–Crippen LogP) is -1.66. The van der Waals surface area contributed by atoms with Gasteiger partial charge in [0.1, 0.15) is 18.1 Å². The Hall–Kier alpha value is -1.89. The zero-order chi connectivity index (χ0) is 24.1. The SMILES string of the molecule is CC(C)CC(N)C(=O)NC(C(=O)NC(CCCCN)C(=O)NC(CS)C(=O)O)C(C)O. The van der Waals surface area contributed by atoms with Gasteiger partial charge in [0, 0.05) is 5.75 Å². The summed E-state index contributed by atoms with van der Waals surface area (Å²) >= 11 is 3.90. The molecule has 0 aromatic rings. The van der Waals surface area contributed by atoms with Crippen LogP contribution in [-0.2, 0) is 19.2 Å². The number of hydrogen-bond acceptors (Lipinski definition) is 8. The lowest BCUT2D eigenvalue weighted by Gasteiger charge is -2.26. The number of aliphatic hydroxyl groups is 1. The highest BCUT2D eigenvalue weighted by atomic mass is 32.1. The van der Waals surface area contributed by atoms with Crippen LogP contribution < -0.4 is 27.4 Å². The number of rotatable bonds is 15. The zero-order valence-electron chi connectivity index (χ0n) is 18.3. The molecule has 0 radical (unpaired) electrons. The van der Waals surface area contributed by atoms with E-state index in [9.17, 15) is 24.3 Å². The van der Waals surface area contributed by atoms with Crippen LogP contribution in [0.25, 0.3) is 0 Å².